The van der Waals surface area contributed by atoms with E-state index in [9.17, 15) is 14.4 Å². The number of amides is 2. The third-order valence-corrected chi connectivity index (χ3v) is 8.18. The predicted octanol–water partition coefficient (Wildman–Crippen LogP) is 4.50. The summed E-state index contributed by atoms with van der Waals surface area (Å²) < 4.78 is 7.78. The number of carbonyl (C=O) groups is 3. The molecule has 3 aromatic carbocycles. The Balaban J connectivity index is 1.22. The molecule has 0 radical (unpaired) electrons. The Kier molecular flexibility index (Phi) is 9.94. The van der Waals surface area contributed by atoms with Gasteiger partial charge in [0.1, 0.15) is 11.8 Å². The van der Waals surface area contributed by atoms with Crippen molar-refractivity contribution >= 4 is 23.5 Å². The fraction of sp³-hybridized carbons (Fsp3) is 0.314. The molecule has 0 aliphatic carbocycles. The Bertz CT molecular complexity index is 1700. The molecular formula is C35H39N5O5. The van der Waals surface area contributed by atoms with E-state index in [1.165, 1.54) is 5.56 Å². The second-order valence-electron chi connectivity index (χ2n) is 11.4. The molecule has 1 aliphatic heterocycles. The van der Waals surface area contributed by atoms with E-state index in [1.54, 1.807) is 18.2 Å². The summed E-state index contributed by atoms with van der Waals surface area (Å²) in [5.74, 6) is -0.597. The molecule has 234 valence electrons. The van der Waals surface area contributed by atoms with Gasteiger partial charge in [0, 0.05) is 42.5 Å². The van der Waals surface area contributed by atoms with Gasteiger partial charge in [-0.05, 0) is 85.2 Å². The first-order valence-electron chi connectivity index (χ1n) is 15.2. The van der Waals surface area contributed by atoms with E-state index < -0.39 is 17.9 Å². The van der Waals surface area contributed by atoms with Gasteiger partial charge in [-0.3, -0.25) is 19.1 Å². The second kappa shape index (κ2) is 14.2. The van der Waals surface area contributed by atoms with E-state index in [0.717, 1.165) is 52.1 Å². The van der Waals surface area contributed by atoms with Gasteiger partial charge >= 0.3 is 5.97 Å². The van der Waals surface area contributed by atoms with Crippen LogP contribution < -0.4 is 20.7 Å². The van der Waals surface area contributed by atoms with Crippen molar-refractivity contribution in [1.82, 2.24) is 15.1 Å². The molecule has 10 heteroatoms. The molecule has 0 bridgehead atoms. The van der Waals surface area contributed by atoms with Gasteiger partial charge in [-0.25, -0.2) is 0 Å². The number of hydrogen-bond donors (Lipinski definition) is 3. The number of carboxylic acids is 1. The SMILES string of the molecule is Cc1cccc(OCCCC(=O)N2CCCc3c(-c4cnn(Cc5cccc(C(=O)NCC(N)C(=O)O)c5)c4)cccc32)c1C. The molecule has 1 aromatic heterocycles. The number of ether oxygens (including phenoxy) is 1. The Morgan fingerprint density at radius 2 is 1.89 bits per heavy atom. The molecule has 0 fully saturated rings. The number of aryl methyl sites for hydroxylation is 1. The minimum Gasteiger partial charge on any atom is -0.493 e. The van der Waals surface area contributed by atoms with Gasteiger partial charge in [-0.2, -0.15) is 5.10 Å². The van der Waals surface area contributed by atoms with Crippen molar-refractivity contribution in [3.63, 3.8) is 0 Å². The molecule has 1 aliphatic rings. The highest BCUT2D eigenvalue weighted by Gasteiger charge is 2.25. The van der Waals surface area contributed by atoms with Crippen LogP contribution in [0.1, 0.15) is 51.9 Å². The summed E-state index contributed by atoms with van der Waals surface area (Å²) >= 11 is 0. The van der Waals surface area contributed by atoms with Crippen molar-refractivity contribution in [2.24, 2.45) is 5.73 Å². The first kappa shape index (κ1) is 31.5. The normalized spacial score (nSPS) is 13.2. The first-order chi connectivity index (χ1) is 21.7. The zero-order valence-electron chi connectivity index (χ0n) is 25.7. The van der Waals surface area contributed by atoms with Crippen LogP contribution in [0.15, 0.2) is 73.1 Å². The van der Waals surface area contributed by atoms with Gasteiger partial charge in [0.2, 0.25) is 5.91 Å². The highest BCUT2D eigenvalue weighted by Crippen LogP contribution is 2.36. The Labute approximate surface area is 262 Å². The maximum absolute atomic E-state index is 13.3. The van der Waals surface area contributed by atoms with Crippen LogP contribution in [0, 0.1) is 13.8 Å². The fourth-order valence-electron chi connectivity index (χ4n) is 5.55. The van der Waals surface area contributed by atoms with Crippen molar-refractivity contribution in [3.8, 4) is 16.9 Å². The van der Waals surface area contributed by atoms with Gasteiger partial charge < -0.3 is 25.8 Å². The third kappa shape index (κ3) is 7.58. The lowest BCUT2D eigenvalue weighted by atomic mass is 9.93. The van der Waals surface area contributed by atoms with Crippen LogP contribution in [0.3, 0.4) is 0 Å². The number of benzene rings is 3. The molecule has 1 unspecified atom stereocenters. The van der Waals surface area contributed by atoms with Crippen molar-refractivity contribution in [3.05, 3.63) is 101 Å². The Morgan fingerprint density at radius 3 is 2.71 bits per heavy atom. The van der Waals surface area contributed by atoms with Crippen LogP contribution in [0.5, 0.6) is 5.75 Å². The zero-order chi connectivity index (χ0) is 31.9. The van der Waals surface area contributed by atoms with Crippen LogP contribution in [-0.4, -0.2) is 58.4 Å². The molecule has 2 heterocycles. The molecule has 0 saturated carbocycles. The monoisotopic (exact) mass is 609 g/mol. The molecule has 1 atom stereocenters. The van der Waals surface area contributed by atoms with Crippen LogP contribution in [0.25, 0.3) is 11.1 Å². The fourth-order valence-corrected chi connectivity index (χ4v) is 5.55. The number of carbonyl (C=O) groups excluding carboxylic acids is 2. The standard InChI is InChI=1S/C35H39N5O5/c1-23-8-3-14-32(24(23)2)45-17-7-15-33(41)40-16-6-12-29-28(11-5-13-31(29)40)27-19-38-39(22-27)21-25-9-4-10-26(18-25)34(42)37-20-30(36)35(43)44/h3-5,8-11,13-14,18-19,22,30H,6-7,12,15-17,20-21,36H2,1-2H3,(H,37,42)(H,43,44). The van der Waals surface area contributed by atoms with E-state index in [2.05, 4.69) is 29.5 Å². The van der Waals surface area contributed by atoms with Crippen molar-refractivity contribution < 1.29 is 24.2 Å². The number of rotatable bonds is 12. The minimum atomic E-state index is -1.17. The largest absolute Gasteiger partial charge is 0.493 e. The summed E-state index contributed by atoms with van der Waals surface area (Å²) in [4.78, 5) is 38.7. The van der Waals surface area contributed by atoms with E-state index in [4.69, 9.17) is 15.6 Å². The summed E-state index contributed by atoms with van der Waals surface area (Å²) in [6.45, 7) is 5.58. The predicted molar refractivity (Wildman–Crippen MR) is 172 cm³/mol. The maximum atomic E-state index is 13.3. The van der Waals surface area contributed by atoms with Crippen LogP contribution in [0.4, 0.5) is 5.69 Å². The van der Waals surface area contributed by atoms with Crippen molar-refractivity contribution in [1.29, 1.82) is 0 Å². The van der Waals surface area contributed by atoms with Crippen LogP contribution in [-0.2, 0) is 22.6 Å². The summed E-state index contributed by atoms with van der Waals surface area (Å²) in [6.07, 6.45) is 6.61. The molecule has 0 spiro atoms. The Morgan fingerprint density at radius 1 is 1.09 bits per heavy atom. The summed E-state index contributed by atoms with van der Waals surface area (Å²) in [7, 11) is 0. The molecule has 0 saturated heterocycles. The van der Waals surface area contributed by atoms with Crippen molar-refractivity contribution in [2.75, 3.05) is 24.6 Å². The number of nitrogens with zero attached hydrogens (tertiary/aromatic N) is 3. The van der Waals surface area contributed by atoms with Gasteiger partial charge in [0.15, 0.2) is 0 Å². The topological polar surface area (TPSA) is 140 Å². The second-order valence-corrected chi connectivity index (χ2v) is 11.4. The molecule has 45 heavy (non-hydrogen) atoms. The number of nitrogens with two attached hydrogens (primary N) is 1. The molecule has 4 aromatic rings. The van der Waals surface area contributed by atoms with E-state index in [-0.39, 0.29) is 12.5 Å². The van der Waals surface area contributed by atoms with Gasteiger partial charge in [0.05, 0.1) is 19.3 Å². The highest BCUT2D eigenvalue weighted by molar-refractivity contribution is 5.96. The summed E-state index contributed by atoms with van der Waals surface area (Å²) in [5, 5.41) is 16.1. The van der Waals surface area contributed by atoms with Gasteiger partial charge in [-0.15, -0.1) is 0 Å². The average molecular weight is 610 g/mol. The number of carboxylic acid groups (broad SMARTS) is 1. The van der Waals surface area contributed by atoms with E-state index in [0.29, 0.717) is 38.1 Å². The quantitative estimate of drug-likeness (QED) is 0.201. The summed E-state index contributed by atoms with van der Waals surface area (Å²) in [5.41, 5.74) is 13.2. The van der Waals surface area contributed by atoms with Crippen LogP contribution >= 0.6 is 0 Å². The number of aromatic nitrogens is 2. The van der Waals surface area contributed by atoms with E-state index >= 15 is 0 Å². The van der Waals surface area contributed by atoms with Gasteiger partial charge in [0.25, 0.3) is 5.91 Å². The van der Waals surface area contributed by atoms with E-state index in [1.807, 2.05) is 59.2 Å². The first-order valence-corrected chi connectivity index (χ1v) is 15.2. The molecule has 5 rings (SSSR count). The molecule has 2 amide bonds. The lowest BCUT2D eigenvalue weighted by Crippen LogP contribution is -2.42. The number of fused-ring (bicyclic) bond motifs is 1. The average Bonchev–Trinajstić information content (AvgIpc) is 3.51. The smallest absolute Gasteiger partial charge is 0.322 e. The van der Waals surface area contributed by atoms with Gasteiger partial charge in [-0.1, -0.05) is 36.4 Å². The lowest BCUT2D eigenvalue weighted by Gasteiger charge is -2.31. The maximum Gasteiger partial charge on any atom is 0.322 e. The summed E-state index contributed by atoms with van der Waals surface area (Å²) in [6, 6.07) is 18.0. The number of hydrogen-bond acceptors (Lipinski definition) is 6. The number of nitrogens with one attached hydrogen (secondary N) is 1. The minimum absolute atomic E-state index is 0.0993. The highest BCUT2D eigenvalue weighted by atomic mass is 16.5. The Hall–Kier alpha value is -4.96. The lowest BCUT2D eigenvalue weighted by molar-refractivity contribution is -0.138. The molecule has 10 nitrogen and oxygen atoms in total. The number of anilines is 1. The van der Waals surface area contributed by atoms with Crippen LogP contribution in [0.2, 0.25) is 0 Å². The van der Waals surface area contributed by atoms with Crippen molar-refractivity contribution in [2.45, 2.75) is 52.1 Å². The third-order valence-electron chi connectivity index (χ3n) is 8.18. The number of aliphatic carboxylic acids is 1. The zero-order valence-corrected chi connectivity index (χ0v) is 25.7. The molecular weight excluding hydrogens is 570 g/mol. The molecule has 4 N–H and O–H groups in total.